The molecule has 0 radical (unpaired) electrons. The van der Waals surface area contributed by atoms with Crippen molar-refractivity contribution in [2.75, 3.05) is 6.54 Å². The maximum absolute atomic E-state index is 12.2. The topological polar surface area (TPSA) is 78.9 Å². The van der Waals surface area contributed by atoms with Gasteiger partial charge in [-0.1, -0.05) is 5.16 Å². The molecule has 2 rings (SSSR count). The number of hydrogen-bond donors (Lipinski definition) is 2. The van der Waals surface area contributed by atoms with Crippen LogP contribution in [0.1, 0.15) is 32.6 Å². The number of amides is 1. The van der Waals surface area contributed by atoms with E-state index in [-0.39, 0.29) is 11.7 Å². The average molecular weight is 211 g/mol. The van der Waals surface area contributed by atoms with Gasteiger partial charge in [0.25, 0.3) is 0 Å². The zero-order valence-corrected chi connectivity index (χ0v) is 8.94. The Kier molecular flexibility index (Phi) is 2.32. The maximum atomic E-state index is 12.2. The first-order chi connectivity index (χ1) is 7.12. The molecule has 0 spiro atoms. The SMILES string of the molecule is CC1CCCN1C(=O)C1(C(N)=NO)CC1. The minimum Gasteiger partial charge on any atom is -0.409 e. The molecule has 1 atom stereocenters. The van der Waals surface area contributed by atoms with Gasteiger partial charge in [-0.2, -0.15) is 0 Å². The van der Waals surface area contributed by atoms with Gasteiger partial charge in [0, 0.05) is 12.6 Å². The summed E-state index contributed by atoms with van der Waals surface area (Å²) in [5.74, 6) is 0.120. The van der Waals surface area contributed by atoms with E-state index in [1.54, 1.807) is 0 Å². The second-order valence-electron chi connectivity index (χ2n) is 4.56. The molecule has 1 amide bonds. The van der Waals surface area contributed by atoms with Crippen molar-refractivity contribution in [1.82, 2.24) is 4.90 Å². The Labute approximate surface area is 88.9 Å². The van der Waals surface area contributed by atoms with E-state index in [4.69, 9.17) is 10.9 Å². The van der Waals surface area contributed by atoms with E-state index in [1.165, 1.54) is 0 Å². The first kappa shape index (κ1) is 10.3. The summed E-state index contributed by atoms with van der Waals surface area (Å²) in [6.07, 6.45) is 3.53. The molecule has 3 N–H and O–H groups in total. The fourth-order valence-corrected chi connectivity index (χ4v) is 2.31. The van der Waals surface area contributed by atoms with Crippen molar-refractivity contribution in [2.45, 2.75) is 38.6 Å². The molecule has 1 heterocycles. The number of rotatable bonds is 2. The average Bonchev–Trinajstić information content (AvgIpc) is 2.94. The molecule has 0 aromatic carbocycles. The Morgan fingerprint density at radius 3 is 2.67 bits per heavy atom. The van der Waals surface area contributed by atoms with Crippen LogP contribution in [-0.2, 0) is 4.79 Å². The molecule has 84 valence electrons. The van der Waals surface area contributed by atoms with E-state index < -0.39 is 5.41 Å². The Bertz CT molecular complexity index is 310. The molecule has 1 aliphatic heterocycles. The van der Waals surface area contributed by atoms with Crippen molar-refractivity contribution in [1.29, 1.82) is 0 Å². The molecular formula is C10H17N3O2. The van der Waals surface area contributed by atoms with Crippen LogP contribution in [0.25, 0.3) is 0 Å². The van der Waals surface area contributed by atoms with Crippen LogP contribution in [0.3, 0.4) is 0 Å². The van der Waals surface area contributed by atoms with Gasteiger partial charge in [0.15, 0.2) is 5.84 Å². The second kappa shape index (κ2) is 3.40. The molecular weight excluding hydrogens is 194 g/mol. The number of nitrogens with zero attached hydrogens (tertiary/aromatic N) is 2. The maximum Gasteiger partial charge on any atom is 0.236 e. The normalized spacial score (nSPS) is 29.3. The molecule has 0 aromatic rings. The third-order valence-electron chi connectivity index (χ3n) is 3.57. The van der Waals surface area contributed by atoms with Crippen LogP contribution >= 0.6 is 0 Å². The van der Waals surface area contributed by atoms with Gasteiger partial charge in [-0.3, -0.25) is 4.79 Å². The summed E-state index contributed by atoms with van der Waals surface area (Å²) in [7, 11) is 0. The van der Waals surface area contributed by atoms with Gasteiger partial charge >= 0.3 is 0 Å². The number of oxime groups is 1. The molecule has 1 unspecified atom stereocenters. The summed E-state index contributed by atoms with van der Waals surface area (Å²) in [6, 6.07) is 0.293. The number of nitrogens with two attached hydrogens (primary N) is 1. The summed E-state index contributed by atoms with van der Waals surface area (Å²) < 4.78 is 0. The van der Waals surface area contributed by atoms with Crippen molar-refractivity contribution < 1.29 is 10.0 Å². The van der Waals surface area contributed by atoms with Crippen molar-refractivity contribution in [3.8, 4) is 0 Å². The van der Waals surface area contributed by atoms with E-state index in [1.807, 2.05) is 11.8 Å². The smallest absolute Gasteiger partial charge is 0.236 e. The lowest BCUT2D eigenvalue weighted by Gasteiger charge is -2.26. The lowest BCUT2D eigenvalue weighted by atomic mass is 10.0. The van der Waals surface area contributed by atoms with E-state index in [0.717, 1.165) is 19.4 Å². The van der Waals surface area contributed by atoms with Gasteiger partial charge < -0.3 is 15.8 Å². The first-order valence-electron chi connectivity index (χ1n) is 5.41. The van der Waals surface area contributed by atoms with Crippen LogP contribution in [0, 0.1) is 5.41 Å². The first-order valence-corrected chi connectivity index (χ1v) is 5.41. The monoisotopic (exact) mass is 211 g/mol. The van der Waals surface area contributed by atoms with Crippen molar-refractivity contribution in [3.63, 3.8) is 0 Å². The van der Waals surface area contributed by atoms with Crippen molar-refractivity contribution in [3.05, 3.63) is 0 Å². The minimum atomic E-state index is -0.673. The van der Waals surface area contributed by atoms with E-state index >= 15 is 0 Å². The number of likely N-dealkylation sites (tertiary alicyclic amines) is 1. The fourth-order valence-electron chi connectivity index (χ4n) is 2.31. The Hall–Kier alpha value is -1.26. The highest BCUT2D eigenvalue weighted by molar-refractivity contribution is 6.09. The molecule has 1 saturated carbocycles. The zero-order valence-electron chi connectivity index (χ0n) is 8.94. The fraction of sp³-hybridized carbons (Fsp3) is 0.800. The summed E-state index contributed by atoms with van der Waals surface area (Å²) in [4.78, 5) is 14.1. The zero-order chi connectivity index (χ0) is 11.1. The molecule has 1 saturated heterocycles. The highest BCUT2D eigenvalue weighted by atomic mass is 16.4. The lowest BCUT2D eigenvalue weighted by molar-refractivity contribution is -0.135. The van der Waals surface area contributed by atoms with Gasteiger partial charge in [-0.25, -0.2) is 0 Å². The third kappa shape index (κ3) is 1.46. The van der Waals surface area contributed by atoms with Crippen LogP contribution in [0.4, 0.5) is 0 Å². The van der Waals surface area contributed by atoms with Gasteiger partial charge in [-0.15, -0.1) is 0 Å². The standard InChI is InChI=1S/C10H17N3O2/c1-7-3-2-6-13(7)9(14)10(4-5-10)8(11)12-15/h7,15H,2-6H2,1H3,(H2,11,12). The van der Waals surface area contributed by atoms with Gasteiger partial charge in [0.2, 0.25) is 5.91 Å². The largest absolute Gasteiger partial charge is 0.409 e. The quantitative estimate of drug-likeness (QED) is 0.302. The van der Waals surface area contributed by atoms with Gasteiger partial charge in [0.1, 0.15) is 5.41 Å². The number of hydrogen-bond acceptors (Lipinski definition) is 3. The summed E-state index contributed by atoms with van der Waals surface area (Å²) >= 11 is 0. The van der Waals surface area contributed by atoms with E-state index in [2.05, 4.69) is 5.16 Å². The van der Waals surface area contributed by atoms with E-state index in [9.17, 15) is 4.79 Å². The number of carbonyl (C=O) groups excluding carboxylic acids is 1. The predicted molar refractivity (Wildman–Crippen MR) is 55.5 cm³/mol. The third-order valence-corrected chi connectivity index (χ3v) is 3.57. The molecule has 1 aliphatic carbocycles. The van der Waals surface area contributed by atoms with Crippen LogP contribution in [0.5, 0.6) is 0 Å². The number of carbonyl (C=O) groups is 1. The Morgan fingerprint density at radius 2 is 2.27 bits per heavy atom. The van der Waals surface area contributed by atoms with Gasteiger partial charge in [-0.05, 0) is 32.6 Å². The second-order valence-corrected chi connectivity index (χ2v) is 4.56. The summed E-state index contributed by atoms with van der Waals surface area (Å²) in [5, 5.41) is 11.6. The van der Waals surface area contributed by atoms with Crippen LogP contribution < -0.4 is 5.73 Å². The molecule has 15 heavy (non-hydrogen) atoms. The summed E-state index contributed by atoms with van der Waals surface area (Å²) in [6.45, 7) is 2.85. The molecule has 2 fully saturated rings. The lowest BCUT2D eigenvalue weighted by Crippen LogP contribution is -2.44. The number of amidine groups is 1. The van der Waals surface area contributed by atoms with Crippen LogP contribution in [-0.4, -0.2) is 34.4 Å². The van der Waals surface area contributed by atoms with Gasteiger partial charge in [0.05, 0.1) is 0 Å². The van der Waals surface area contributed by atoms with Crippen LogP contribution in [0.2, 0.25) is 0 Å². The van der Waals surface area contributed by atoms with Crippen molar-refractivity contribution in [2.24, 2.45) is 16.3 Å². The van der Waals surface area contributed by atoms with Crippen LogP contribution in [0.15, 0.2) is 5.16 Å². The molecule has 5 nitrogen and oxygen atoms in total. The Morgan fingerprint density at radius 1 is 1.60 bits per heavy atom. The van der Waals surface area contributed by atoms with Crippen molar-refractivity contribution >= 4 is 11.7 Å². The summed E-state index contributed by atoms with van der Waals surface area (Å²) in [5.41, 5.74) is 4.91. The Balaban J connectivity index is 2.14. The molecule has 0 bridgehead atoms. The highest BCUT2D eigenvalue weighted by Gasteiger charge is 2.56. The molecule has 5 heteroatoms. The highest BCUT2D eigenvalue weighted by Crippen LogP contribution is 2.48. The minimum absolute atomic E-state index is 0.0443. The molecule has 0 aromatic heterocycles. The predicted octanol–water partition coefficient (Wildman–Crippen LogP) is 0.524. The molecule has 2 aliphatic rings. The van der Waals surface area contributed by atoms with E-state index in [0.29, 0.717) is 18.9 Å².